The first-order valence-corrected chi connectivity index (χ1v) is 6.43. The molecular weight excluding hydrogens is 220 g/mol. The second-order valence-electron chi connectivity index (χ2n) is 6.20. The van der Waals surface area contributed by atoms with E-state index in [0.29, 0.717) is 0 Å². The van der Waals surface area contributed by atoms with Gasteiger partial charge in [-0.1, -0.05) is 66.0 Å². The lowest BCUT2D eigenvalue weighted by Gasteiger charge is -2.22. The van der Waals surface area contributed by atoms with E-state index in [0.717, 1.165) is 19.3 Å². The third-order valence-corrected chi connectivity index (χ3v) is 4.11. The molecule has 0 atom stereocenters. The fourth-order valence-corrected chi connectivity index (χ4v) is 1.45. The number of thiocarbonyl (C=S) groups is 2. The van der Waals surface area contributed by atoms with Gasteiger partial charge in [0.15, 0.2) is 0 Å². The van der Waals surface area contributed by atoms with Crippen molar-refractivity contribution in [2.45, 2.75) is 60.8 Å². The summed E-state index contributed by atoms with van der Waals surface area (Å²) >= 11 is 10.8. The highest BCUT2D eigenvalue weighted by molar-refractivity contribution is 7.80. The summed E-state index contributed by atoms with van der Waals surface area (Å²) in [6, 6.07) is 0. The van der Waals surface area contributed by atoms with Crippen LogP contribution in [0, 0.1) is 10.8 Å². The quantitative estimate of drug-likeness (QED) is 0.639. The molecule has 0 saturated heterocycles. The standard InChI is InChI=1S/C13H24S2/c1-12(2,3)10(14)8-7-9-11(15)13(4,5)6/h7-9H2,1-6H3. The van der Waals surface area contributed by atoms with Crippen molar-refractivity contribution in [1.82, 2.24) is 0 Å². The van der Waals surface area contributed by atoms with Crippen LogP contribution in [0.2, 0.25) is 0 Å². The fourth-order valence-electron chi connectivity index (χ4n) is 1.16. The molecule has 0 aromatic rings. The van der Waals surface area contributed by atoms with Crippen LogP contribution < -0.4 is 0 Å². The molecule has 15 heavy (non-hydrogen) atoms. The SMILES string of the molecule is CC(C)(C)C(=S)CCCC(=S)C(C)(C)C. The number of rotatable bonds is 4. The molecule has 0 aliphatic rings. The van der Waals surface area contributed by atoms with E-state index in [9.17, 15) is 0 Å². The van der Waals surface area contributed by atoms with Crippen LogP contribution in [-0.2, 0) is 0 Å². The van der Waals surface area contributed by atoms with Crippen LogP contribution in [0.1, 0.15) is 60.8 Å². The van der Waals surface area contributed by atoms with Gasteiger partial charge in [-0.25, -0.2) is 0 Å². The Morgan fingerprint density at radius 1 is 0.733 bits per heavy atom. The number of hydrogen-bond donors (Lipinski definition) is 0. The summed E-state index contributed by atoms with van der Waals surface area (Å²) < 4.78 is 0. The summed E-state index contributed by atoms with van der Waals surface area (Å²) in [4.78, 5) is 2.33. The van der Waals surface area contributed by atoms with Gasteiger partial charge in [0, 0.05) is 0 Å². The molecular formula is C13H24S2. The van der Waals surface area contributed by atoms with E-state index in [2.05, 4.69) is 41.5 Å². The minimum atomic E-state index is 0.165. The van der Waals surface area contributed by atoms with Gasteiger partial charge in [0.05, 0.1) is 0 Å². The van der Waals surface area contributed by atoms with E-state index in [4.69, 9.17) is 24.4 Å². The maximum atomic E-state index is 5.39. The monoisotopic (exact) mass is 244 g/mol. The summed E-state index contributed by atoms with van der Waals surface area (Å²) in [7, 11) is 0. The van der Waals surface area contributed by atoms with Crippen LogP contribution in [-0.4, -0.2) is 9.73 Å². The van der Waals surface area contributed by atoms with Crippen molar-refractivity contribution in [2.24, 2.45) is 10.8 Å². The third-order valence-electron chi connectivity index (χ3n) is 2.48. The van der Waals surface area contributed by atoms with Crippen molar-refractivity contribution < 1.29 is 0 Å². The first-order chi connectivity index (χ1) is 6.55. The van der Waals surface area contributed by atoms with Gasteiger partial charge in [0.1, 0.15) is 0 Å². The topological polar surface area (TPSA) is 0 Å². The van der Waals surface area contributed by atoms with E-state index in [-0.39, 0.29) is 10.8 Å². The molecule has 0 heterocycles. The van der Waals surface area contributed by atoms with Gasteiger partial charge in [-0.05, 0) is 39.8 Å². The molecule has 0 fully saturated rings. The van der Waals surface area contributed by atoms with Crippen molar-refractivity contribution in [1.29, 1.82) is 0 Å². The summed E-state index contributed by atoms with van der Waals surface area (Å²) in [5, 5.41) is 0. The molecule has 0 aromatic carbocycles. The minimum absolute atomic E-state index is 0.165. The normalized spacial score (nSPS) is 12.7. The van der Waals surface area contributed by atoms with E-state index < -0.39 is 0 Å². The first-order valence-electron chi connectivity index (χ1n) is 5.62. The smallest absolute Gasteiger partial charge is 0.00179 e. The van der Waals surface area contributed by atoms with E-state index in [1.165, 1.54) is 9.73 Å². The Kier molecular flexibility index (Phi) is 5.56. The lowest BCUT2D eigenvalue weighted by atomic mass is 9.86. The Morgan fingerprint density at radius 3 is 1.20 bits per heavy atom. The van der Waals surface area contributed by atoms with Gasteiger partial charge in [-0.15, -0.1) is 0 Å². The molecule has 0 spiro atoms. The van der Waals surface area contributed by atoms with Crippen LogP contribution >= 0.6 is 24.4 Å². The van der Waals surface area contributed by atoms with Crippen LogP contribution in [0.5, 0.6) is 0 Å². The lowest BCUT2D eigenvalue weighted by molar-refractivity contribution is 0.573. The Bertz CT molecular complexity index is 212. The molecule has 0 aromatic heterocycles. The summed E-state index contributed by atoms with van der Waals surface area (Å²) in [6.07, 6.45) is 3.15. The Balaban J connectivity index is 3.92. The largest absolute Gasteiger partial charge is 0.0891 e. The molecule has 2 heteroatoms. The van der Waals surface area contributed by atoms with Gasteiger partial charge < -0.3 is 0 Å². The van der Waals surface area contributed by atoms with Gasteiger partial charge in [-0.2, -0.15) is 0 Å². The van der Waals surface area contributed by atoms with Gasteiger partial charge in [0.25, 0.3) is 0 Å². The molecule has 0 radical (unpaired) electrons. The highest BCUT2D eigenvalue weighted by Crippen LogP contribution is 2.23. The molecule has 0 rings (SSSR count). The first kappa shape index (κ1) is 15.2. The molecule has 0 nitrogen and oxygen atoms in total. The molecule has 0 unspecified atom stereocenters. The Hall–Kier alpha value is 0.180. The molecule has 0 N–H and O–H groups in total. The highest BCUT2D eigenvalue weighted by atomic mass is 32.1. The van der Waals surface area contributed by atoms with Crippen molar-refractivity contribution in [3.8, 4) is 0 Å². The predicted octanol–water partition coefficient (Wildman–Crippen LogP) is 4.99. The third kappa shape index (κ3) is 6.36. The van der Waals surface area contributed by atoms with Crippen LogP contribution in [0.3, 0.4) is 0 Å². The predicted molar refractivity (Wildman–Crippen MR) is 78.0 cm³/mol. The zero-order valence-electron chi connectivity index (χ0n) is 10.9. The second kappa shape index (κ2) is 5.49. The lowest BCUT2D eigenvalue weighted by Crippen LogP contribution is -2.20. The molecule has 0 bridgehead atoms. The van der Waals surface area contributed by atoms with Gasteiger partial charge in [-0.3, -0.25) is 0 Å². The van der Waals surface area contributed by atoms with Crippen LogP contribution in [0.25, 0.3) is 0 Å². The Morgan fingerprint density at radius 2 is 1.00 bits per heavy atom. The Labute approximate surface area is 106 Å². The van der Waals surface area contributed by atoms with Gasteiger partial charge in [0.2, 0.25) is 0 Å². The van der Waals surface area contributed by atoms with Crippen LogP contribution in [0.15, 0.2) is 0 Å². The van der Waals surface area contributed by atoms with E-state index >= 15 is 0 Å². The van der Waals surface area contributed by atoms with Crippen molar-refractivity contribution >= 4 is 34.2 Å². The maximum Gasteiger partial charge on any atom is -0.00179 e. The highest BCUT2D eigenvalue weighted by Gasteiger charge is 2.19. The fraction of sp³-hybridized carbons (Fsp3) is 0.846. The molecule has 0 aliphatic carbocycles. The van der Waals surface area contributed by atoms with E-state index in [1.54, 1.807) is 0 Å². The second-order valence-corrected chi connectivity index (χ2v) is 7.19. The van der Waals surface area contributed by atoms with E-state index in [1.807, 2.05) is 0 Å². The molecule has 0 amide bonds. The summed E-state index contributed by atoms with van der Waals surface area (Å²) in [6.45, 7) is 13.1. The molecule has 0 aliphatic heterocycles. The molecule has 0 saturated carbocycles. The minimum Gasteiger partial charge on any atom is -0.0891 e. The van der Waals surface area contributed by atoms with Gasteiger partial charge >= 0.3 is 0 Å². The maximum absolute atomic E-state index is 5.39. The summed E-state index contributed by atoms with van der Waals surface area (Å²) in [5.74, 6) is 0. The van der Waals surface area contributed by atoms with Crippen molar-refractivity contribution in [2.75, 3.05) is 0 Å². The number of hydrogen-bond acceptors (Lipinski definition) is 2. The van der Waals surface area contributed by atoms with Crippen molar-refractivity contribution in [3.05, 3.63) is 0 Å². The average molecular weight is 244 g/mol. The van der Waals surface area contributed by atoms with Crippen LogP contribution in [0.4, 0.5) is 0 Å². The molecule has 88 valence electrons. The summed E-state index contributed by atoms with van der Waals surface area (Å²) in [5.41, 5.74) is 0.331. The average Bonchev–Trinajstić information content (AvgIpc) is 2.00. The zero-order valence-corrected chi connectivity index (χ0v) is 12.6. The van der Waals surface area contributed by atoms with Crippen molar-refractivity contribution in [3.63, 3.8) is 0 Å². The zero-order chi connectivity index (χ0) is 12.3.